The Kier molecular flexibility index (Phi) is 6.37. The van der Waals surface area contributed by atoms with Crippen molar-refractivity contribution in [3.05, 3.63) is 29.8 Å². The van der Waals surface area contributed by atoms with E-state index in [1.807, 2.05) is 18.2 Å². The molecule has 3 heteroatoms. The Labute approximate surface area is 131 Å². The number of halogens is 1. The number of rotatable bonds is 6. The third-order valence-corrected chi connectivity index (χ3v) is 5.45. The first-order valence-corrected chi connectivity index (χ1v) is 8.67. The zero-order chi connectivity index (χ0) is 14.3. The lowest BCUT2D eigenvalue weighted by atomic mass is 9.83. The molecule has 0 heterocycles. The normalized spacial score (nSPS) is 18.5. The molecular weight excluding hydrogens is 316 g/mol. The van der Waals surface area contributed by atoms with Crippen LogP contribution in [0.3, 0.4) is 0 Å². The third kappa shape index (κ3) is 4.49. The van der Waals surface area contributed by atoms with E-state index in [0.717, 1.165) is 17.7 Å². The van der Waals surface area contributed by atoms with Gasteiger partial charge in [0.1, 0.15) is 5.75 Å². The highest BCUT2D eigenvalue weighted by Gasteiger charge is 2.30. The molecule has 0 unspecified atom stereocenters. The molecule has 0 radical (unpaired) electrons. The average molecular weight is 341 g/mol. The lowest BCUT2D eigenvalue weighted by Crippen LogP contribution is -2.28. The molecule has 20 heavy (non-hydrogen) atoms. The molecule has 0 spiro atoms. The fourth-order valence-corrected chi connectivity index (χ4v) is 3.67. The van der Waals surface area contributed by atoms with Crippen molar-refractivity contribution >= 4 is 15.9 Å². The van der Waals surface area contributed by atoms with Gasteiger partial charge in [-0.2, -0.15) is 0 Å². The molecule has 0 atom stereocenters. The Morgan fingerprint density at radius 2 is 1.90 bits per heavy atom. The zero-order valence-electron chi connectivity index (χ0n) is 12.4. The lowest BCUT2D eigenvalue weighted by Gasteiger charge is -2.30. The zero-order valence-corrected chi connectivity index (χ0v) is 14.0. The second kappa shape index (κ2) is 8.04. The van der Waals surface area contributed by atoms with Gasteiger partial charge in [0.25, 0.3) is 0 Å². The predicted octanol–water partition coefficient (Wildman–Crippen LogP) is 4.95. The van der Waals surface area contributed by atoms with Gasteiger partial charge in [-0.15, -0.1) is 0 Å². The van der Waals surface area contributed by atoms with Gasteiger partial charge in [-0.25, -0.2) is 0 Å². The van der Waals surface area contributed by atoms with Gasteiger partial charge >= 0.3 is 0 Å². The first-order valence-electron chi connectivity index (χ1n) is 7.55. The van der Waals surface area contributed by atoms with Crippen LogP contribution in [0.5, 0.6) is 5.75 Å². The molecule has 1 aromatic carbocycles. The minimum absolute atomic E-state index is 0.343. The molecule has 0 amide bonds. The van der Waals surface area contributed by atoms with Gasteiger partial charge in [0, 0.05) is 10.7 Å². The monoisotopic (exact) mass is 340 g/mol. The Morgan fingerprint density at radius 1 is 1.15 bits per heavy atom. The van der Waals surface area contributed by atoms with Crippen LogP contribution in [0.2, 0.25) is 0 Å². The quantitative estimate of drug-likeness (QED) is 0.539. The van der Waals surface area contributed by atoms with E-state index in [4.69, 9.17) is 9.47 Å². The standard InChI is InChI=1S/C17H25BrO2/c1-19-16-8-6-7-15(11-16)12-20-14-17(13-18)9-4-2-3-5-10-17/h6-8,11H,2-5,9-10,12-14H2,1H3. The molecule has 1 aliphatic carbocycles. The smallest absolute Gasteiger partial charge is 0.119 e. The van der Waals surface area contributed by atoms with Crippen LogP contribution in [-0.4, -0.2) is 19.0 Å². The number of hydrogen-bond donors (Lipinski definition) is 0. The minimum Gasteiger partial charge on any atom is -0.497 e. The van der Waals surface area contributed by atoms with Crippen molar-refractivity contribution in [3.8, 4) is 5.75 Å². The SMILES string of the molecule is COc1cccc(COCC2(CBr)CCCCCC2)c1. The summed E-state index contributed by atoms with van der Waals surface area (Å²) in [6.45, 7) is 1.53. The largest absolute Gasteiger partial charge is 0.497 e. The molecule has 1 fully saturated rings. The number of ether oxygens (including phenoxy) is 2. The van der Waals surface area contributed by atoms with Gasteiger partial charge in [-0.3, -0.25) is 0 Å². The van der Waals surface area contributed by atoms with Gasteiger partial charge in [0.15, 0.2) is 0 Å². The van der Waals surface area contributed by atoms with Gasteiger partial charge in [0.05, 0.1) is 20.3 Å². The summed E-state index contributed by atoms with van der Waals surface area (Å²) in [4.78, 5) is 0. The maximum absolute atomic E-state index is 6.02. The van der Waals surface area contributed by atoms with Crippen LogP contribution in [-0.2, 0) is 11.3 Å². The summed E-state index contributed by atoms with van der Waals surface area (Å²) in [7, 11) is 1.70. The molecule has 0 bridgehead atoms. The van der Waals surface area contributed by atoms with Gasteiger partial charge in [-0.1, -0.05) is 53.7 Å². The molecule has 0 N–H and O–H groups in total. The van der Waals surface area contributed by atoms with E-state index in [1.165, 1.54) is 44.1 Å². The van der Waals surface area contributed by atoms with Crippen molar-refractivity contribution in [3.63, 3.8) is 0 Å². The molecule has 1 saturated carbocycles. The summed E-state index contributed by atoms with van der Waals surface area (Å²) >= 11 is 3.71. The number of alkyl halides is 1. The summed E-state index contributed by atoms with van der Waals surface area (Å²) in [5.41, 5.74) is 1.53. The van der Waals surface area contributed by atoms with Crippen LogP contribution in [0.15, 0.2) is 24.3 Å². The molecule has 112 valence electrons. The molecule has 0 aromatic heterocycles. The van der Waals surface area contributed by atoms with Crippen molar-refractivity contribution in [1.82, 2.24) is 0 Å². The first kappa shape index (κ1) is 15.8. The summed E-state index contributed by atoms with van der Waals surface area (Å²) in [5.74, 6) is 0.899. The summed E-state index contributed by atoms with van der Waals surface area (Å²) in [6, 6.07) is 8.13. The maximum atomic E-state index is 6.02. The Morgan fingerprint density at radius 3 is 2.55 bits per heavy atom. The molecular formula is C17H25BrO2. The molecule has 1 aromatic rings. The summed E-state index contributed by atoms with van der Waals surface area (Å²) in [6.07, 6.45) is 8.02. The fourth-order valence-electron chi connectivity index (χ4n) is 2.94. The van der Waals surface area contributed by atoms with E-state index in [1.54, 1.807) is 7.11 Å². The van der Waals surface area contributed by atoms with Crippen molar-refractivity contribution < 1.29 is 9.47 Å². The van der Waals surface area contributed by atoms with E-state index in [9.17, 15) is 0 Å². The molecule has 0 aliphatic heterocycles. The molecule has 2 rings (SSSR count). The van der Waals surface area contributed by atoms with E-state index >= 15 is 0 Å². The second-order valence-electron chi connectivity index (χ2n) is 5.89. The predicted molar refractivity (Wildman–Crippen MR) is 86.6 cm³/mol. The van der Waals surface area contributed by atoms with E-state index in [2.05, 4.69) is 22.0 Å². The van der Waals surface area contributed by atoms with Crippen molar-refractivity contribution in [2.75, 3.05) is 19.0 Å². The van der Waals surface area contributed by atoms with E-state index in [0.29, 0.717) is 12.0 Å². The van der Waals surface area contributed by atoms with Crippen LogP contribution < -0.4 is 4.74 Å². The fraction of sp³-hybridized carbons (Fsp3) is 0.647. The third-order valence-electron chi connectivity index (χ3n) is 4.26. The van der Waals surface area contributed by atoms with Gasteiger partial charge < -0.3 is 9.47 Å². The molecule has 1 aliphatic rings. The summed E-state index contributed by atoms with van der Waals surface area (Å²) < 4.78 is 11.3. The molecule has 0 saturated heterocycles. The highest BCUT2D eigenvalue weighted by Crippen LogP contribution is 2.37. The topological polar surface area (TPSA) is 18.5 Å². The van der Waals surface area contributed by atoms with E-state index in [-0.39, 0.29) is 0 Å². The Bertz CT molecular complexity index is 398. The second-order valence-corrected chi connectivity index (χ2v) is 6.45. The maximum Gasteiger partial charge on any atom is 0.119 e. The first-order chi connectivity index (χ1) is 9.78. The van der Waals surface area contributed by atoms with Crippen molar-refractivity contribution in [2.45, 2.75) is 45.1 Å². The van der Waals surface area contributed by atoms with Gasteiger partial charge in [0.2, 0.25) is 0 Å². The van der Waals surface area contributed by atoms with Crippen LogP contribution in [0, 0.1) is 5.41 Å². The lowest BCUT2D eigenvalue weighted by molar-refractivity contribution is 0.0374. The number of hydrogen-bond acceptors (Lipinski definition) is 2. The van der Waals surface area contributed by atoms with Crippen LogP contribution >= 0.6 is 15.9 Å². The van der Waals surface area contributed by atoms with Crippen LogP contribution in [0.4, 0.5) is 0 Å². The van der Waals surface area contributed by atoms with Crippen LogP contribution in [0.1, 0.15) is 44.1 Å². The highest BCUT2D eigenvalue weighted by atomic mass is 79.9. The molecule has 2 nitrogen and oxygen atoms in total. The minimum atomic E-state index is 0.343. The van der Waals surface area contributed by atoms with E-state index < -0.39 is 0 Å². The summed E-state index contributed by atoms with van der Waals surface area (Å²) in [5, 5.41) is 1.05. The van der Waals surface area contributed by atoms with Crippen LogP contribution in [0.25, 0.3) is 0 Å². The average Bonchev–Trinajstić information content (AvgIpc) is 2.74. The Hall–Kier alpha value is -0.540. The van der Waals surface area contributed by atoms with Gasteiger partial charge in [-0.05, 0) is 30.5 Å². The van der Waals surface area contributed by atoms with Crippen molar-refractivity contribution in [2.24, 2.45) is 5.41 Å². The number of methoxy groups -OCH3 is 1. The number of benzene rings is 1. The van der Waals surface area contributed by atoms with Crippen molar-refractivity contribution in [1.29, 1.82) is 0 Å². The Balaban J connectivity index is 1.86. The highest BCUT2D eigenvalue weighted by molar-refractivity contribution is 9.09.